The van der Waals surface area contributed by atoms with Gasteiger partial charge in [0.25, 0.3) is 0 Å². The van der Waals surface area contributed by atoms with E-state index >= 15 is 0 Å². The van der Waals surface area contributed by atoms with Crippen molar-refractivity contribution in [2.45, 2.75) is 44.9 Å². The second kappa shape index (κ2) is 4.49. The van der Waals surface area contributed by atoms with Crippen molar-refractivity contribution in [2.75, 3.05) is 32.8 Å². The molecule has 0 aromatic carbocycles. The lowest BCUT2D eigenvalue weighted by Crippen LogP contribution is -3.15. The summed E-state index contributed by atoms with van der Waals surface area (Å²) in [4.78, 5) is 1.85. The van der Waals surface area contributed by atoms with Crippen molar-refractivity contribution in [3.05, 3.63) is 0 Å². The van der Waals surface area contributed by atoms with Crippen LogP contribution < -0.4 is 4.90 Å². The predicted octanol–water partition coefficient (Wildman–Crippen LogP) is 1.51. The lowest BCUT2D eigenvalue weighted by molar-refractivity contribution is -0.915. The standard InChI is InChI=1S/C16H27NO/c1-2-16(12-17-3-5-18-6-4-17)10-14-7-13(1)8-15(9-14)11-16/h13-15H,1-12H2/p+1/t13?,14-,15+,16?. The Balaban J connectivity index is 1.51. The largest absolute Gasteiger partial charge is 0.370 e. The maximum atomic E-state index is 5.52. The van der Waals surface area contributed by atoms with Crippen LogP contribution in [0.2, 0.25) is 0 Å². The van der Waals surface area contributed by atoms with Crippen LogP contribution in [0.5, 0.6) is 0 Å². The van der Waals surface area contributed by atoms with Gasteiger partial charge in [-0.25, -0.2) is 0 Å². The molecule has 4 bridgehead atoms. The fourth-order valence-corrected chi connectivity index (χ4v) is 5.89. The molecule has 0 spiro atoms. The molecule has 102 valence electrons. The zero-order valence-electron chi connectivity index (χ0n) is 11.6. The molecule has 2 nitrogen and oxygen atoms in total. The Labute approximate surface area is 111 Å². The molecule has 0 aromatic heterocycles. The van der Waals surface area contributed by atoms with Gasteiger partial charge in [0.2, 0.25) is 0 Å². The number of hydrogen-bond acceptors (Lipinski definition) is 1. The first-order valence-corrected chi connectivity index (χ1v) is 8.23. The van der Waals surface area contributed by atoms with Gasteiger partial charge >= 0.3 is 0 Å². The summed E-state index contributed by atoms with van der Waals surface area (Å²) in [6.07, 6.45) is 11.0. The molecular formula is C16H28NO+. The van der Waals surface area contributed by atoms with Crippen molar-refractivity contribution in [3.8, 4) is 0 Å². The third-order valence-electron chi connectivity index (χ3n) is 6.35. The van der Waals surface area contributed by atoms with Crippen molar-refractivity contribution in [1.82, 2.24) is 0 Å². The van der Waals surface area contributed by atoms with E-state index in [0.717, 1.165) is 36.4 Å². The number of rotatable bonds is 2. The molecule has 5 rings (SSSR count). The highest BCUT2D eigenvalue weighted by atomic mass is 16.5. The topological polar surface area (TPSA) is 13.7 Å². The van der Waals surface area contributed by atoms with Crippen LogP contribution in [-0.2, 0) is 4.74 Å². The van der Waals surface area contributed by atoms with Gasteiger partial charge in [0.1, 0.15) is 13.1 Å². The number of hydrogen-bond donors (Lipinski definition) is 1. The SMILES string of the molecule is C1C[NH+](CC23CCC4C[C@H](C[C@H](C4)C2)C3)CCO1. The molecule has 4 aliphatic carbocycles. The third kappa shape index (κ3) is 2.12. The molecule has 0 radical (unpaired) electrons. The van der Waals surface area contributed by atoms with Crippen LogP contribution in [0.1, 0.15) is 44.9 Å². The second-order valence-electron chi connectivity index (χ2n) is 7.79. The summed E-state index contributed by atoms with van der Waals surface area (Å²) < 4.78 is 5.52. The Morgan fingerprint density at radius 3 is 2.33 bits per heavy atom. The Bertz CT molecular complexity index is 296. The summed E-state index contributed by atoms with van der Waals surface area (Å²) in [5.74, 6) is 3.31. The molecule has 5 aliphatic rings. The van der Waals surface area contributed by atoms with E-state index in [-0.39, 0.29) is 0 Å². The molecule has 2 heteroatoms. The maximum Gasteiger partial charge on any atom is 0.101 e. The minimum Gasteiger partial charge on any atom is -0.370 e. The molecule has 0 amide bonds. The summed E-state index contributed by atoms with van der Waals surface area (Å²) in [6, 6.07) is 0. The third-order valence-corrected chi connectivity index (χ3v) is 6.35. The van der Waals surface area contributed by atoms with Crippen LogP contribution in [0.4, 0.5) is 0 Å². The molecule has 1 heterocycles. The lowest BCUT2D eigenvalue weighted by atomic mass is 9.61. The Hall–Kier alpha value is -0.0800. The van der Waals surface area contributed by atoms with Crippen molar-refractivity contribution >= 4 is 0 Å². The van der Waals surface area contributed by atoms with Crippen molar-refractivity contribution in [3.63, 3.8) is 0 Å². The van der Waals surface area contributed by atoms with Gasteiger partial charge in [0.05, 0.1) is 19.8 Å². The molecule has 5 fully saturated rings. The highest BCUT2D eigenvalue weighted by molar-refractivity contribution is 4.98. The Kier molecular flexibility index (Phi) is 2.92. The van der Waals surface area contributed by atoms with Gasteiger partial charge in [0, 0.05) is 5.41 Å². The van der Waals surface area contributed by atoms with E-state index < -0.39 is 0 Å². The normalized spacial score (nSPS) is 48.3. The molecule has 0 aromatic rings. The average molecular weight is 250 g/mol. The quantitative estimate of drug-likeness (QED) is 0.784. The first kappa shape index (κ1) is 11.7. The summed E-state index contributed by atoms with van der Waals surface area (Å²) in [5, 5.41) is 0. The number of ether oxygens (including phenoxy) is 1. The molecule has 2 unspecified atom stereocenters. The maximum absolute atomic E-state index is 5.52. The van der Waals surface area contributed by atoms with Crippen LogP contribution in [0.15, 0.2) is 0 Å². The van der Waals surface area contributed by atoms with E-state index in [1.807, 2.05) is 4.90 Å². The molecule has 4 saturated carbocycles. The average Bonchev–Trinajstić information content (AvgIpc) is 2.55. The minimum atomic E-state index is 0.742. The monoisotopic (exact) mass is 250 g/mol. The fourth-order valence-electron chi connectivity index (χ4n) is 5.89. The van der Waals surface area contributed by atoms with Gasteiger partial charge < -0.3 is 9.64 Å². The van der Waals surface area contributed by atoms with Crippen LogP contribution in [-0.4, -0.2) is 32.8 Å². The van der Waals surface area contributed by atoms with Gasteiger partial charge in [-0.15, -0.1) is 0 Å². The zero-order chi connectivity index (χ0) is 12.0. The molecule has 1 N–H and O–H groups in total. The molecule has 4 atom stereocenters. The van der Waals surface area contributed by atoms with Crippen molar-refractivity contribution in [2.24, 2.45) is 23.2 Å². The predicted molar refractivity (Wildman–Crippen MR) is 71.6 cm³/mol. The van der Waals surface area contributed by atoms with Gasteiger partial charge in [-0.05, 0) is 62.7 Å². The van der Waals surface area contributed by atoms with E-state index in [0.29, 0.717) is 0 Å². The van der Waals surface area contributed by atoms with Gasteiger partial charge in [-0.1, -0.05) is 0 Å². The number of fused-ring (bicyclic) bond motifs is 1. The van der Waals surface area contributed by atoms with Crippen molar-refractivity contribution < 1.29 is 9.64 Å². The van der Waals surface area contributed by atoms with E-state index in [1.54, 1.807) is 44.9 Å². The van der Waals surface area contributed by atoms with Gasteiger partial charge in [-0.3, -0.25) is 0 Å². The van der Waals surface area contributed by atoms with Crippen LogP contribution in [0.25, 0.3) is 0 Å². The second-order valence-corrected chi connectivity index (χ2v) is 7.79. The lowest BCUT2D eigenvalue weighted by Gasteiger charge is -2.46. The van der Waals surface area contributed by atoms with Crippen LogP contribution in [0, 0.1) is 23.2 Å². The summed E-state index contributed by atoms with van der Waals surface area (Å²) in [5.41, 5.74) is 0.742. The molecular weight excluding hydrogens is 222 g/mol. The number of morpholine rings is 1. The summed E-state index contributed by atoms with van der Waals surface area (Å²) in [6.45, 7) is 6.00. The van der Waals surface area contributed by atoms with Gasteiger partial charge in [-0.2, -0.15) is 0 Å². The first-order valence-electron chi connectivity index (χ1n) is 8.23. The van der Waals surface area contributed by atoms with Crippen LogP contribution in [0.3, 0.4) is 0 Å². The Morgan fingerprint density at radius 1 is 0.944 bits per heavy atom. The van der Waals surface area contributed by atoms with E-state index in [4.69, 9.17) is 4.74 Å². The van der Waals surface area contributed by atoms with E-state index in [1.165, 1.54) is 19.6 Å². The zero-order valence-corrected chi connectivity index (χ0v) is 11.6. The van der Waals surface area contributed by atoms with E-state index in [2.05, 4.69) is 0 Å². The smallest absolute Gasteiger partial charge is 0.101 e. The first-order chi connectivity index (χ1) is 8.81. The Morgan fingerprint density at radius 2 is 1.61 bits per heavy atom. The fraction of sp³-hybridized carbons (Fsp3) is 1.00. The van der Waals surface area contributed by atoms with Crippen LogP contribution >= 0.6 is 0 Å². The number of quaternary nitrogens is 1. The van der Waals surface area contributed by atoms with E-state index in [9.17, 15) is 0 Å². The molecule has 1 aliphatic heterocycles. The highest BCUT2D eigenvalue weighted by Crippen LogP contribution is 2.56. The van der Waals surface area contributed by atoms with Gasteiger partial charge in [0.15, 0.2) is 0 Å². The highest BCUT2D eigenvalue weighted by Gasteiger charge is 2.49. The molecule has 18 heavy (non-hydrogen) atoms. The summed E-state index contributed by atoms with van der Waals surface area (Å²) in [7, 11) is 0. The molecule has 1 saturated heterocycles. The minimum absolute atomic E-state index is 0.742. The van der Waals surface area contributed by atoms with Crippen molar-refractivity contribution in [1.29, 1.82) is 0 Å². The number of nitrogens with one attached hydrogen (secondary N) is 1. The summed E-state index contributed by atoms with van der Waals surface area (Å²) >= 11 is 0.